The minimum atomic E-state index is 0.814. The van der Waals surface area contributed by atoms with Gasteiger partial charge in [-0.3, -0.25) is 0 Å². The molecule has 2 heteroatoms. The molecule has 32 valence electrons. The number of hydrogen-bond acceptors (Lipinski definition) is 0. The summed E-state index contributed by atoms with van der Waals surface area (Å²) < 4.78 is 0. The van der Waals surface area contributed by atoms with Gasteiger partial charge in [0.1, 0.15) is 0 Å². The van der Waals surface area contributed by atoms with E-state index in [0.717, 1.165) is 8.27 Å². The maximum atomic E-state index is 2.31. The zero-order chi connectivity index (χ0) is 4.12. The zero-order valence-electron chi connectivity index (χ0n) is 3.78. The van der Waals surface area contributed by atoms with Crippen LogP contribution in [0.4, 0.5) is 0 Å². The van der Waals surface area contributed by atoms with Crippen molar-refractivity contribution in [2.75, 3.05) is 12.8 Å². The van der Waals surface area contributed by atoms with Gasteiger partial charge >= 0.3 is 0 Å². The molecule has 0 heterocycles. The van der Waals surface area contributed by atoms with Crippen LogP contribution in [0.2, 0.25) is 0 Å². The Hall–Kier alpha value is 0.860. The Morgan fingerprint density at radius 3 is 2.40 bits per heavy atom. The summed E-state index contributed by atoms with van der Waals surface area (Å²) in [5, 5.41) is 0. The van der Waals surface area contributed by atoms with Gasteiger partial charge in [-0.15, -0.1) is 0 Å². The average molecular weight is 109 g/mol. The molecule has 0 N–H and O–H groups in total. The number of hydrogen-bond donors (Lipinski definition) is 0. The molecule has 2 atom stereocenters. The summed E-state index contributed by atoms with van der Waals surface area (Å²) in [6, 6.07) is 0. The summed E-state index contributed by atoms with van der Waals surface area (Å²) in [7, 11) is 2.09. The maximum Gasteiger partial charge on any atom is 0.0464 e. The van der Waals surface area contributed by atoms with Crippen molar-refractivity contribution in [3.8, 4) is 0 Å². The van der Waals surface area contributed by atoms with Crippen LogP contribution in [-0.2, 0) is 0 Å². The smallest absolute Gasteiger partial charge is 0.0464 e. The van der Waals surface area contributed by atoms with E-state index in [-0.39, 0.29) is 0 Å². The molecule has 0 spiro atoms. The first-order valence-electron chi connectivity index (χ1n) is 1.93. The quantitative estimate of drug-likeness (QED) is 0.473. The van der Waals surface area contributed by atoms with Crippen LogP contribution in [0, 0.1) is 0 Å². The lowest BCUT2D eigenvalue weighted by atomic mass is 11.0. The SMILES string of the molecule is CCP[PH2+]C. The third-order valence-corrected chi connectivity index (χ3v) is 3.67. The lowest BCUT2D eigenvalue weighted by Crippen LogP contribution is -1.44. The molecule has 0 aliphatic heterocycles. The van der Waals surface area contributed by atoms with Gasteiger partial charge in [-0.05, 0) is 14.4 Å². The van der Waals surface area contributed by atoms with E-state index >= 15 is 0 Å². The highest BCUT2D eigenvalue weighted by Crippen LogP contribution is 2.31. The molecule has 0 saturated heterocycles. The van der Waals surface area contributed by atoms with E-state index < -0.39 is 0 Å². The molecule has 0 aliphatic carbocycles. The fourth-order valence-electron chi connectivity index (χ4n) is 0.204. The van der Waals surface area contributed by atoms with Gasteiger partial charge in [0.2, 0.25) is 0 Å². The van der Waals surface area contributed by atoms with Gasteiger partial charge in [-0.25, -0.2) is 0 Å². The van der Waals surface area contributed by atoms with Gasteiger partial charge in [0.25, 0.3) is 0 Å². The first kappa shape index (κ1) is 5.86. The molecule has 0 aromatic rings. The summed E-state index contributed by atoms with van der Waals surface area (Å²) >= 11 is 0. The van der Waals surface area contributed by atoms with Crippen LogP contribution >= 0.6 is 16.5 Å². The monoisotopic (exact) mass is 109 g/mol. The van der Waals surface area contributed by atoms with Gasteiger partial charge in [-0.2, -0.15) is 0 Å². The Morgan fingerprint density at radius 2 is 2.40 bits per heavy atom. The molecule has 0 saturated carbocycles. The normalized spacial score (nSPS) is 13.2. The first-order chi connectivity index (χ1) is 2.41. The van der Waals surface area contributed by atoms with E-state index in [1.165, 1.54) is 14.4 Å². The van der Waals surface area contributed by atoms with Crippen LogP contribution < -0.4 is 0 Å². The Kier molecular flexibility index (Phi) is 5.70. The fourth-order valence-corrected chi connectivity index (χ4v) is 1.84. The van der Waals surface area contributed by atoms with Gasteiger partial charge in [-0.1, -0.05) is 6.92 Å². The lowest BCUT2D eigenvalue weighted by Gasteiger charge is -1.72. The molecule has 0 radical (unpaired) electrons. The van der Waals surface area contributed by atoms with Crippen LogP contribution in [0.5, 0.6) is 0 Å². The van der Waals surface area contributed by atoms with Crippen molar-refractivity contribution < 1.29 is 0 Å². The Balaban J connectivity index is 2.19. The molecular weight excluding hydrogens is 98.0 g/mol. The minimum absolute atomic E-state index is 0.814. The maximum absolute atomic E-state index is 2.31. The van der Waals surface area contributed by atoms with Crippen LogP contribution in [-0.4, -0.2) is 12.8 Å². The Bertz CT molecular complexity index is 12.4. The summed E-state index contributed by atoms with van der Waals surface area (Å²) in [5.74, 6) is 0. The third kappa shape index (κ3) is 4.86. The molecule has 5 heavy (non-hydrogen) atoms. The molecule has 0 aromatic carbocycles. The molecule has 0 amide bonds. The summed E-state index contributed by atoms with van der Waals surface area (Å²) in [6.45, 7) is 4.55. The highest BCUT2D eigenvalue weighted by molar-refractivity contribution is 8.11. The molecular formula is C3H11P2+. The highest BCUT2D eigenvalue weighted by Gasteiger charge is 1.74. The molecule has 0 fully saturated rings. The van der Waals surface area contributed by atoms with Crippen molar-refractivity contribution >= 4 is 16.5 Å². The van der Waals surface area contributed by atoms with Crippen molar-refractivity contribution in [1.29, 1.82) is 0 Å². The predicted octanol–water partition coefficient (Wildman–Crippen LogP) is 1.64. The zero-order valence-corrected chi connectivity index (χ0v) is 5.94. The lowest BCUT2D eigenvalue weighted by molar-refractivity contribution is 1.53. The van der Waals surface area contributed by atoms with Crippen LogP contribution in [0.3, 0.4) is 0 Å². The van der Waals surface area contributed by atoms with Gasteiger partial charge in [0, 0.05) is 14.9 Å². The second-order valence-electron chi connectivity index (χ2n) is 0.846. The fraction of sp³-hybridized carbons (Fsp3) is 1.00. The highest BCUT2D eigenvalue weighted by atomic mass is 32.0. The van der Waals surface area contributed by atoms with Gasteiger partial charge in [0.05, 0.1) is 0 Å². The molecule has 0 nitrogen and oxygen atoms in total. The first-order valence-corrected chi connectivity index (χ1v) is 6.10. The second kappa shape index (κ2) is 4.86. The molecule has 0 aliphatic rings. The van der Waals surface area contributed by atoms with Gasteiger partial charge in [0.15, 0.2) is 0 Å². The van der Waals surface area contributed by atoms with E-state index in [4.69, 9.17) is 0 Å². The van der Waals surface area contributed by atoms with Crippen LogP contribution in [0.15, 0.2) is 0 Å². The summed E-state index contributed by atoms with van der Waals surface area (Å²) in [6.07, 6.45) is 1.41. The van der Waals surface area contributed by atoms with E-state index in [9.17, 15) is 0 Å². The second-order valence-corrected chi connectivity index (χ2v) is 5.50. The van der Waals surface area contributed by atoms with E-state index in [1.54, 1.807) is 0 Å². The number of rotatable bonds is 2. The molecule has 2 unspecified atom stereocenters. The molecule has 0 bridgehead atoms. The Morgan fingerprint density at radius 1 is 1.80 bits per heavy atom. The summed E-state index contributed by atoms with van der Waals surface area (Å²) in [5.41, 5.74) is 0. The minimum Gasteiger partial charge on any atom is -0.0583 e. The van der Waals surface area contributed by atoms with Crippen molar-refractivity contribution in [2.45, 2.75) is 6.92 Å². The molecule has 0 aromatic heterocycles. The van der Waals surface area contributed by atoms with Crippen molar-refractivity contribution in [2.24, 2.45) is 0 Å². The predicted molar refractivity (Wildman–Crippen MR) is 34.5 cm³/mol. The van der Waals surface area contributed by atoms with E-state index in [0.29, 0.717) is 0 Å². The van der Waals surface area contributed by atoms with Crippen molar-refractivity contribution in [1.82, 2.24) is 0 Å². The van der Waals surface area contributed by atoms with E-state index in [2.05, 4.69) is 13.6 Å². The average Bonchev–Trinajstić information content (AvgIpc) is 1.41. The summed E-state index contributed by atoms with van der Waals surface area (Å²) in [4.78, 5) is 0. The molecule has 0 rings (SSSR count). The third-order valence-electron chi connectivity index (χ3n) is 0.408. The van der Waals surface area contributed by atoms with Crippen molar-refractivity contribution in [3.63, 3.8) is 0 Å². The van der Waals surface area contributed by atoms with Crippen molar-refractivity contribution in [3.05, 3.63) is 0 Å². The van der Waals surface area contributed by atoms with E-state index in [1.807, 2.05) is 0 Å². The largest absolute Gasteiger partial charge is 0.0583 e. The van der Waals surface area contributed by atoms with Crippen LogP contribution in [0.1, 0.15) is 6.92 Å². The topological polar surface area (TPSA) is 0 Å². The Labute approximate surface area is 37.2 Å². The van der Waals surface area contributed by atoms with Crippen LogP contribution in [0.25, 0.3) is 0 Å². The van der Waals surface area contributed by atoms with Gasteiger partial charge < -0.3 is 0 Å². The standard InChI is InChI=1S/C3H10P2/c1-3-5-4-2/h4-5H,3H2,1-2H3/p+1.